The molecular formula is C22H35N5O. The fourth-order valence-electron chi connectivity index (χ4n) is 4.64. The SMILES string of the molecule is CN=C(NCC(C)N1CCc2ccccc21)NCC1(C(=O)N(C)C)CCCC1. The highest BCUT2D eigenvalue weighted by Gasteiger charge is 2.42. The van der Waals surface area contributed by atoms with E-state index >= 15 is 0 Å². The molecule has 1 heterocycles. The Kier molecular flexibility index (Phi) is 6.47. The summed E-state index contributed by atoms with van der Waals surface area (Å²) in [4.78, 5) is 21.3. The Hall–Kier alpha value is -2.24. The van der Waals surface area contributed by atoms with Crippen molar-refractivity contribution in [1.82, 2.24) is 15.5 Å². The first kappa shape index (κ1) is 20.5. The number of hydrogen-bond acceptors (Lipinski definition) is 3. The number of nitrogens with one attached hydrogen (secondary N) is 2. The topological polar surface area (TPSA) is 60.0 Å². The van der Waals surface area contributed by atoms with Crippen molar-refractivity contribution in [3.05, 3.63) is 29.8 Å². The molecule has 1 atom stereocenters. The van der Waals surface area contributed by atoms with Gasteiger partial charge in [0, 0.05) is 52.5 Å². The summed E-state index contributed by atoms with van der Waals surface area (Å²) in [5.74, 6) is 1.01. The summed E-state index contributed by atoms with van der Waals surface area (Å²) in [5.41, 5.74) is 2.49. The third kappa shape index (κ3) is 4.26. The summed E-state index contributed by atoms with van der Waals surface area (Å²) in [6.07, 6.45) is 5.27. The molecule has 2 N–H and O–H groups in total. The average Bonchev–Trinajstić information content (AvgIpc) is 3.35. The van der Waals surface area contributed by atoms with E-state index in [2.05, 4.69) is 51.7 Å². The van der Waals surface area contributed by atoms with E-state index < -0.39 is 0 Å². The number of nitrogens with zero attached hydrogens (tertiary/aromatic N) is 3. The van der Waals surface area contributed by atoms with Crippen molar-refractivity contribution in [2.75, 3.05) is 45.7 Å². The molecule has 1 amide bonds. The molecule has 3 rings (SSSR count). The molecule has 0 bridgehead atoms. The van der Waals surface area contributed by atoms with Gasteiger partial charge in [0.25, 0.3) is 0 Å². The third-order valence-corrected chi connectivity index (χ3v) is 6.26. The van der Waals surface area contributed by atoms with Crippen molar-refractivity contribution >= 4 is 17.6 Å². The van der Waals surface area contributed by atoms with E-state index in [9.17, 15) is 4.79 Å². The molecule has 1 aliphatic heterocycles. The summed E-state index contributed by atoms with van der Waals surface area (Å²) in [5, 5.41) is 6.88. The van der Waals surface area contributed by atoms with Crippen LogP contribution < -0.4 is 15.5 Å². The average molecular weight is 386 g/mol. The van der Waals surface area contributed by atoms with Crippen LogP contribution in [0.15, 0.2) is 29.3 Å². The number of rotatable bonds is 6. The normalized spacial score (nSPS) is 19.3. The fraction of sp³-hybridized carbons (Fsp3) is 0.636. The maximum Gasteiger partial charge on any atom is 0.230 e. The Bertz CT molecular complexity index is 709. The fourth-order valence-corrected chi connectivity index (χ4v) is 4.64. The van der Waals surface area contributed by atoms with Crippen LogP contribution >= 0.6 is 0 Å². The number of carbonyl (C=O) groups is 1. The monoisotopic (exact) mass is 385 g/mol. The number of hydrogen-bond donors (Lipinski definition) is 2. The van der Waals surface area contributed by atoms with Crippen LogP contribution in [0.4, 0.5) is 5.69 Å². The van der Waals surface area contributed by atoms with E-state index in [1.54, 1.807) is 11.9 Å². The number of para-hydroxylation sites is 1. The van der Waals surface area contributed by atoms with Crippen LogP contribution in [0, 0.1) is 5.41 Å². The van der Waals surface area contributed by atoms with Gasteiger partial charge in [-0.3, -0.25) is 9.79 Å². The largest absolute Gasteiger partial charge is 0.366 e. The molecule has 1 aliphatic carbocycles. The molecule has 0 spiro atoms. The number of aliphatic imine (C=N–C) groups is 1. The zero-order valence-electron chi connectivity index (χ0n) is 17.8. The summed E-state index contributed by atoms with van der Waals surface area (Å²) >= 11 is 0. The van der Waals surface area contributed by atoms with Crippen molar-refractivity contribution in [2.24, 2.45) is 10.4 Å². The minimum Gasteiger partial charge on any atom is -0.366 e. The molecule has 6 heteroatoms. The maximum atomic E-state index is 12.7. The highest BCUT2D eigenvalue weighted by Crippen LogP contribution is 2.38. The molecule has 1 saturated carbocycles. The molecule has 6 nitrogen and oxygen atoms in total. The number of benzene rings is 1. The van der Waals surface area contributed by atoms with E-state index in [1.807, 2.05) is 14.1 Å². The Morgan fingerprint density at radius 2 is 1.96 bits per heavy atom. The van der Waals surface area contributed by atoms with Crippen LogP contribution in [0.5, 0.6) is 0 Å². The van der Waals surface area contributed by atoms with Crippen LogP contribution in [0.25, 0.3) is 0 Å². The van der Waals surface area contributed by atoms with Gasteiger partial charge in [-0.2, -0.15) is 0 Å². The molecule has 2 aliphatic rings. The van der Waals surface area contributed by atoms with Crippen molar-refractivity contribution < 1.29 is 4.79 Å². The Labute approximate surface area is 169 Å². The second kappa shape index (κ2) is 8.84. The zero-order chi connectivity index (χ0) is 20.1. The smallest absolute Gasteiger partial charge is 0.230 e. The molecule has 0 saturated heterocycles. The lowest BCUT2D eigenvalue weighted by Gasteiger charge is -2.32. The van der Waals surface area contributed by atoms with Crippen molar-refractivity contribution in [3.8, 4) is 0 Å². The summed E-state index contributed by atoms with van der Waals surface area (Å²) < 4.78 is 0. The van der Waals surface area contributed by atoms with E-state index in [0.717, 1.165) is 51.2 Å². The molecule has 1 aromatic carbocycles. The Morgan fingerprint density at radius 1 is 1.25 bits per heavy atom. The Balaban J connectivity index is 1.54. The standard InChI is InChI=1S/C22H35N5O/c1-17(27-14-11-18-9-5-6-10-19(18)27)15-24-21(23-2)25-16-22(12-7-8-13-22)20(28)26(3)4/h5-6,9-10,17H,7-8,11-16H2,1-4H3,(H2,23,24,25). The van der Waals surface area contributed by atoms with Gasteiger partial charge in [-0.15, -0.1) is 0 Å². The predicted octanol–water partition coefficient (Wildman–Crippen LogP) is 2.25. The van der Waals surface area contributed by atoms with Crippen molar-refractivity contribution in [2.45, 2.75) is 45.1 Å². The third-order valence-electron chi connectivity index (χ3n) is 6.26. The van der Waals surface area contributed by atoms with Gasteiger partial charge in [0.1, 0.15) is 0 Å². The minimum absolute atomic E-state index is 0.231. The van der Waals surface area contributed by atoms with E-state index in [4.69, 9.17) is 0 Å². The first-order valence-corrected chi connectivity index (χ1v) is 10.5. The predicted molar refractivity (Wildman–Crippen MR) is 116 cm³/mol. The maximum absolute atomic E-state index is 12.7. The van der Waals surface area contributed by atoms with E-state index in [1.165, 1.54) is 11.3 Å². The van der Waals surface area contributed by atoms with Crippen LogP contribution in [0.2, 0.25) is 0 Å². The van der Waals surface area contributed by atoms with Gasteiger partial charge in [-0.05, 0) is 37.8 Å². The number of carbonyl (C=O) groups excluding carboxylic acids is 1. The van der Waals surface area contributed by atoms with Crippen LogP contribution in [0.3, 0.4) is 0 Å². The lowest BCUT2D eigenvalue weighted by atomic mass is 9.84. The second-order valence-corrected chi connectivity index (χ2v) is 8.41. The molecule has 154 valence electrons. The lowest BCUT2D eigenvalue weighted by Crippen LogP contribution is -2.51. The van der Waals surface area contributed by atoms with Crippen LogP contribution in [0.1, 0.15) is 38.2 Å². The van der Waals surface area contributed by atoms with Gasteiger partial charge in [0.15, 0.2) is 5.96 Å². The molecule has 0 radical (unpaired) electrons. The van der Waals surface area contributed by atoms with Gasteiger partial charge >= 0.3 is 0 Å². The molecule has 0 aromatic heterocycles. The molecule has 1 fully saturated rings. The van der Waals surface area contributed by atoms with Gasteiger partial charge in [0.2, 0.25) is 5.91 Å². The first-order chi connectivity index (χ1) is 13.5. The Morgan fingerprint density at radius 3 is 2.64 bits per heavy atom. The first-order valence-electron chi connectivity index (χ1n) is 10.5. The number of amides is 1. The highest BCUT2D eigenvalue weighted by molar-refractivity contribution is 5.85. The summed E-state index contributed by atoms with van der Waals surface area (Å²) in [6, 6.07) is 9.03. The van der Waals surface area contributed by atoms with Crippen LogP contribution in [-0.4, -0.2) is 63.6 Å². The van der Waals surface area contributed by atoms with Crippen molar-refractivity contribution in [3.63, 3.8) is 0 Å². The highest BCUT2D eigenvalue weighted by atomic mass is 16.2. The molecular weight excluding hydrogens is 350 g/mol. The summed E-state index contributed by atoms with van der Waals surface area (Å²) in [7, 11) is 5.50. The van der Waals surface area contributed by atoms with Crippen molar-refractivity contribution in [1.29, 1.82) is 0 Å². The van der Waals surface area contributed by atoms with Gasteiger partial charge in [-0.25, -0.2) is 0 Å². The van der Waals surface area contributed by atoms with Gasteiger partial charge in [0.05, 0.1) is 5.41 Å². The number of fused-ring (bicyclic) bond motifs is 1. The molecule has 1 aromatic rings. The van der Waals surface area contributed by atoms with E-state index in [-0.39, 0.29) is 11.3 Å². The minimum atomic E-state index is -0.291. The van der Waals surface area contributed by atoms with Gasteiger partial charge in [-0.1, -0.05) is 31.0 Å². The van der Waals surface area contributed by atoms with Gasteiger partial charge < -0.3 is 20.4 Å². The zero-order valence-corrected chi connectivity index (χ0v) is 17.8. The quantitative estimate of drug-likeness (QED) is 0.582. The number of anilines is 1. The second-order valence-electron chi connectivity index (χ2n) is 8.41. The number of guanidine groups is 1. The van der Waals surface area contributed by atoms with Crippen LogP contribution in [-0.2, 0) is 11.2 Å². The van der Waals surface area contributed by atoms with E-state index in [0.29, 0.717) is 12.6 Å². The lowest BCUT2D eigenvalue weighted by molar-refractivity contribution is -0.138. The summed E-state index contributed by atoms with van der Waals surface area (Å²) in [6.45, 7) is 4.76. The molecule has 28 heavy (non-hydrogen) atoms. The molecule has 1 unspecified atom stereocenters.